The van der Waals surface area contributed by atoms with Gasteiger partial charge in [-0.2, -0.15) is 0 Å². The summed E-state index contributed by atoms with van der Waals surface area (Å²) >= 11 is 3.57. The third kappa shape index (κ3) is 4.93. The molecular formula is C23H33BrN2O4. The number of amides is 2. The summed E-state index contributed by atoms with van der Waals surface area (Å²) in [5.74, 6) is 0.147. The van der Waals surface area contributed by atoms with Crippen molar-refractivity contribution in [1.29, 1.82) is 0 Å². The summed E-state index contributed by atoms with van der Waals surface area (Å²) in [6, 6.07) is 6.12. The van der Waals surface area contributed by atoms with E-state index >= 15 is 0 Å². The van der Waals surface area contributed by atoms with E-state index in [1.54, 1.807) is 4.90 Å². The summed E-state index contributed by atoms with van der Waals surface area (Å²) in [4.78, 5) is 29.2. The molecule has 1 heterocycles. The van der Waals surface area contributed by atoms with Crippen LogP contribution in [0.2, 0.25) is 0 Å². The lowest BCUT2D eigenvalue weighted by Crippen LogP contribution is -2.49. The zero-order valence-corrected chi connectivity index (χ0v) is 20.6. The molecule has 2 amide bonds. The molecule has 7 heteroatoms. The Balaban J connectivity index is 1.85. The van der Waals surface area contributed by atoms with Gasteiger partial charge in [0.1, 0.15) is 11.2 Å². The van der Waals surface area contributed by atoms with E-state index in [2.05, 4.69) is 22.0 Å². The number of carbonyl (C=O) groups is 2. The van der Waals surface area contributed by atoms with Gasteiger partial charge in [0, 0.05) is 29.5 Å². The van der Waals surface area contributed by atoms with E-state index in [1.807, 2.05) is 65.6 Å². The van der Waals surface area contributed by atoms with Gasteiger partial charge in [-0.05, 0) is 84.6 Å². The van der Waals surface area contributed by atoms with Crippen LogP contribution >= 0.6 is 15.9 Å². The Labute approximate surface area is 188 Å². The van der Waals surface area contributed by atoms with E-state index in [-0.39, 0.29) is 30.2 Å². The van der Waals surface area contributed by atoms with Gasteiger partial charge in [0.2, 0.25) is 0 Å². The van der Waals surface area contributed by atoms with Gasteiger partial charge in [-0.3, -0.25) is 4.90 Å². The molecule has 1 aliphatic heterocycles. The monoisotopic (exact) mass is 480 g/mol. The third-order valence-corrected chi connectivity index (χ3v) is 6.08. The van der Waals surface area contributed by atoms with E-state index in [0.29, 0.717) is 0 Å². The van der Waals surface area contributed by atoms with Crippen LogP contribution in [0.3, 0.4) is 0 Å². The highest BCUT2D eigenvalue weighted by Gasteiger charge is 2.47. The minimum Gasteiger partial charge on any atom is -0.444 e. The van der Waals surface area contributed by atoms with Crippen molar-refractivity contribution in [3.05, 3.63) is 28.2 Å². The van der Waals surface area contributed by atoms with Gasteiger partial charge in [-0.1, -0.05) is 15.9 Å². The minimum absolute atomic E-state index is 0.0347. The van der Waals surface area contributed by atoms with Gasteiger partial charge in [-0.25, -0.2) is 9.59 Å². The van der Waals surface area contributed by atoms with Crippen molar-refractivity contribution >= 4 is 33.8 Å². The van der Waals surface area contributed by atoms with Gasteiger partial charge in [0.05, 0.1) is 5.69 Å². The number of ether oxygens (including phenoxy) is 2. The fourth-order valence-electron chi connectivity index (χ4n) is 4.38. The third-order valence-electron chi connectivity index (χ3n) is 5.59. The average molecular weight is 481 g/mol. The molecule has 0 saturated heterocycles. The first-order valence-corrected chi connectivity index (χ1v) is 11.3. The Hall–Kier alpha value is -1.76. The predicted octanol–water partition coefficient (Wildman–Crippen LogP) is 6.08. The number of halogens is 1. The van der Waals surface area contributed by atoms with Gasteiger partial charge < -0.3 is 14.4 Å². The van der Waals surface area contributed by atoms with Crippen molar-refractivity contribution in [1.82, 2.24) is 4.90 Å². The van der Waals surface area contributed by atoms with E-state index in [9.17, 15) is 9.59 Å². The van der Waals surface area contributed by atoms with Gasteiger partial charge in [0.15, 0.2) is 0 Å². The van der Waals surface area contributed by atoms with Gasteiger partial charge in [-0.15, -0.1) is 0 Å². The molecule has 6 nitrogen and oxygen atoms in total. The van der Waals surface area contributed by atoms with Crippen LogP contribution in [0.25, 0.3) is 0 Å². The molecule has 166 valence electrons. The highest BCUT2D eigenvalue weighted by Crippen LogP contribution is 2.49. The molecule has 0 radical (unpaired) electrons. The van der Waals surface area contributed by atoms with Crippen LogP contribution in [-0.2, 0) is 9.47 Å². The Morgan fingerprint density at radius 3 is 2.30 bits per heavy atom. The fraction of sp³-hybridized carbons (Fsp3) is 0.652. The SMILES string of the molecule is CN(C(=O)OC(C)(C)C)C1CCC2C(C1)c1cc(Br)ccc1N2C(=O)OC(C)(C)C. The number of carbonyl (C=O) groups excluding carboxylic acids is 2. The Kier molecular flexibility index (Phi) is 6.16. The number of hydrogen-bond donors (Lipinski definition) is 0. The molecule has 3 unspecified atom stereocenters. The summed E-state index contributed by atoms with van der Waals surface area (Å²) in [7, 11) is 1.81. The number of anilines is 1. The smallest absolute Gasteiger partial charge is 0.415 e. The van der Waals surface area contributed by atoms with Crippen molar-refractivity contribution in [3.8, 4) is 0 Å². The standard InChI is InChI=1S/C23H33BrN2O4/c1-22(2,3)29-20(27)25(7)15-9-11-19-17(13-15)16-12-14(24)8-10-18(16)26(19)21(28)30-23(4,5)6/h8,10,12,15,17,19H,9,11,13H2,1-7H3. The maximum Gasteiger partial charge on any atom is 0.415 e. The Morgan fingerprint density at radius 2 is 1.70 bits per heavy atom. The molecule has 1 aromatic carbocycles. The first-order valence-electron chi connectivity index (χ1n) is 10.5. The first-order chi connectivity index (χ1) is 13.8. The first kappa shape index (κ1) is 22.9. The second-order valence-corrected chi connectivity index (χ2v) is 11.2. The predicted molar refractivity (Wildman–Crippen MR) is 121 cm³/mol. The Bertz CT molecular complexity index is 827. The highest BCUT2D eigenvalue weighted by atomic mass is 79.9. The zero-order valence-electron chi connectivity index (χ0n) is 19.0. The minimum atomic E-state index is -0.557. The van der Waals surface area contributed by atoms with E-state index in [1.165, 1.54) is 0 Å². The number of benzene rings is 1. The van der Waals surface area contributed by atoms with Crippen molar-refractivity contribution in [2.45, 2.75) is 90.0 Å². The second kappa shape index (κ2) is 8.06. The maximum absolute atomic E-state index is 13.1. The molecule has 2 aliphatic rings. The lowest BCUT2D eigenvalue weighted by molar-refractivity contribution is 0.0169. The van der Waals surface area contributed by atoms with Crippen LogP contribution in [0.15, 0.2) is 22.7 Å². The largest absolute Gasteiger partial charge is 0.444 e. The molecule has 0 bridgehead atoms. The van der Waals surface area contributed by atoms with Crippen molar-refractivity contribution in [2.75, 3.05) is 11.9 Å². The molecule has 1 saturated carbocycles. The van der Waals surface area contributed by atoms with Gasteiger partial charge >= 0.3 is 12.2 Å². The molecule has 1 fully saturated rings. The number of fused-ring (bicyclic) bond motifs is 3. The molecule has 0 N–H and O–H groups in total. The van der Waals surface area contributed by atoms with Crippen molar-refractivity contribution in [2.24, 2.45) is 0 Å². The van der Waals surface area contributed by atoms with E-state index in [0.717, 1.165) is 35.0 Å². The van der Waals surface area contributed by atoms with E-state index < -0.39 is 11.2 Å². The zero-order chi connectivity index (χ0) is 22.4. The highest BCUT2D eigenvalue weighted by molar-refractivity contribution is 9.10. The van der Waals surface area contributed by atoms with Crippen LogP contribution in [0.4, 0.5) is 15.3 Å². The lowest BCUT2D eigenvalue weighted by atomic mass is 9.79. The van der Waals surface area contributed by atoms with Crippen LogP contribution in [0.1, 0.15) is 72.3 Å². The van der Waals surface area contributed by atoms with Crippen LogP contribution in [0, 0.1) is 0 Å². The summed E-state index contributed by atoms with van der Waals surface area (Å²) in [6.45, 7) is 11.3. The quantitative estimate of drug-likeness (QED) is 0.488. The number of rotatable bonds is 1. The molecule has 0 aromatic heterocycles. The average Bonchev–Trinajstić information content (AvgIpc) is 2.91. The van der Waals surface area contributed by atoms with Crippen LogP contribution in [0.5, 0.6) is 0 Å². The van der Waals surface area contributed by atoms with Crippen LogP contribution < -0.4 is 4.90 Å². The van der Waals surface area contributed by atoms with Gasteiger partial charge in [0.25, 0.3) is 0 Å². The maximum atomic E-state index is 13.1. The molecule has 3 atom stereocenters. The number of nitrogens with zero attached hydrogens (tertiary/aromatic N) is 2. The molecule has 0 spiro atoms. The molecular weight excluding hydrogens is 448 g/mol. The summed E-state index contributed by atoms with van der Waals surface area (Å²) in [6.07, 6.45) is 1.78. The second-order valence-electron chi connectivity index (χ2n) is 10.3. The normalized spacial score (nSPS) is 23.5. The summed E-state index contributed by atoms with van der Waals surface area (Å²) in [5, 5.41) is 0. The van der Waals surface area contributed by atoms with Crippen molar-refractivity contribution < 1.29 is 19.1 Å². The molecule has 1 aliphatic carbocycles. The topological polar surface area (TPSA) is 59.1 Å². The summed E-state index contributed by atoms with van der Waals surface area (Å²) < 4.78 is 12.3. The molecule has 30 heavy (non-hydrogen) atoms. The van der Waals surface area contributed by atoms with E-state index in [4.69, 9.17) is 9.47 Å². The fourth-order valence-corrected chi connectivity index (χ4v) is 4.75. The Morgan fingerprint density at radius 1 is 1.07 bits per heavy atom. The summed E-state index contributed by atoms with van der Waals surface area (Å²) in [5.41, 5.74) is 0.949. The molecule has 3 rings (SSSR count). The lowest BCUT2D eigenvalue weighted by Gasteiger charge is -2.40. The van der Waals surface area contributed by atoms with Crippen molar-refractivity contribution in [3.63, 3.8) is 0 Å². The molecule has 1 aromatic rings. The van der Waals surface area contributed by atoms with Crippen LogP contribution in [-0.4, -0.2) is 47.4 Å². The number of hydrogen-bond acceptors (Lipinski definition) is 4.